The van der Waals surface area contributed by atoms with Gasteiger partial charge in [0.25, 0.3) is 5.91 Å². The molecule has 0 radical (unpaired) electrons. The van der Waals surface area contributed by atoms with Gasteiger partial charge in [-0.15, -0.1) is 0 Å². The summed E-state index contributed by atoms with van der Waals surface area (Å²) in [6.45, 7) is 3.18. The van der Waals surface area contributed by atoms with Crippen molar-refractivity contribution < 1.29 is 40.7 Å². The van der Waals surface area contributed by atoms with E-state index in [1.54, 1.807) is 40.9 Å². The molecule has 2 aromatic heterocycles. The van der Waals surface area contributed by atoms with Gasteiger partial charge in [0, 0.05) is 66.9 Å². The van der Waals surface area contributed by atoms with E-state index in [4.69, 9.17) is 4.74 Å². The predicted molar refractivity (Wildman–Crippen MR) is 139 cm³/mol. The van der Waals surface area contributed by atoms with E-state index in [1.807, 2.05) is 0 Å². The van der Waals surface area contributed by atoms with E-state index < -0.39 is 36.5 Å². The van der Waals surface area contributed by atoms with E-state index >= 15 is 0 Å². The van der Waals surface area contributed by atoms with Crippen LogP contribution in [0.5, 0.6) is 11.6 Å². The first-order valence-corrected chi connectivity index (χ1v) is 12.9. The summed E-state index contributed by atoms with van der Waals surface area (Å²) in [4.78, 5) is 30.5. The highest BCUT2D eigenvalue weighted by molar-refractivity contribution is 6.01. The lowest BCUT2D eigenvalue weighted by atomic mass is 9.98. The lowest BCUT2D eigenvalue weighted by molar-refractivity contribution is -0.138. The average molecular weight is 591 g/mol. The van der Waals surface area contributed by atoms with Crippen LogP contribution in [0.3, 0.4) is 0 Å². The van der Waals surface area contributed by atoms with Crippen molar-refractivity contribution in [3.63, 3.8) is 0 Å². The van der Waals surface area contributed by atoms with Gasteiger partial charge in [0.05, 0.1) is 17.5 Å². The van der Waals surface area contributed by atoms with Gasteiger partial charge in [-0.2, -0.15) is 31.4 Å². The smallest absolute Gasteiger partial charge is 0.417 e. The lowest BCUT2D eigenvalue weighted by Crippen LogP contribution is -2.51. The van der Waals surface area contributed by atoms with Crippen LogP contribution in [0.25, 0.3) is 10.9 Å². The molecule has 1 fully saturated rings. The number of fused-ring (bicyclic) bond motifs is 1. The largest absolute Gasteiger partial charge is 0.439 e. The third-order valence-electron chi connectivity index (χ3n) is 7.02. The van der Waals surface area contributed by atoms with Crippen LogP contribution >= 0.6 is 0 Å². The number of ether oxygens (including phenoxy) is 1. The second kappa shape index (κ2) is 11.1. The number of pyridine rings is 1. The van der Waals surface area contributed by atoms with E-state index in [0.717, 1.165) is 12.1 Å². The first-order valence-electron chi connectivity index (χ1n) is 12.9. The van der Waals surface area contributed by atoms with Gasteiger partial charge in [0.2, 0.25) is 5.88 Å². The van der Waals surface area contributed by atoms with Crippen LogP contribution in [0.4, 0.5) is 26.3 Å². The van der Waals surface area contributed by atoms with Crippen molar-refractivity contribution in [2.45, 2.75) is 38.7 Å². The summed E-state index contributed by atoms with van der Waals surface area (Å²) in [5, 5.41) is 5.21. The van der Waals surface area contributed by atoms with Gasteiger partial charge in [0.1, 0.15) is 5.75 Å². The molecule has 4 aromatic rings. The van der Waals surface area contributed by atoms with Crippen molar-refractivity contribution in [1.82, 2.24) is 19.7 Å². The number of amides is 1. The Labute approximate surface area is 235 Å². The Morgan fingerprint density at radius 1 is 0.976 bits per heavy atom. The van der Waals surface area contributed by atoms with Crippen molar-refractivity contribution in [1.29, 1.82) is 0 Å². The fraction of sp³-hybridized carbons (Fsp3) is 0.310. The van der Waals surface area contributed by atoms with Crippen LogP contribution in [0.1, 0.15) is 44.7 Å². The first kappa shape index (κ1) is 29.1. The summed E-state index contributed by atoms with van der Waals surface area (Å²) in [5.41, 5.74) is 0.991. The van der Waals surface area contributed by atoms with Crippen LogP contribution in [0, 0.1) is 12.8 Å². The second-order valence-electron chi connectivity index (χ2n) is 10.1. The monoisotopic (exact) mass is 590 g/mol. The molecule has 7 nitrogen and oxygen atoms in total. The van der Waals surface area contributed by atoms with Gasteiger partial charge in [-0.05, 0) is 55.0 Å². The zero-order valence-electron chi connectivity index (χ0n) is 22.2. The molecule has 2 aromatic carbocycles. The molecule has 220 valence electrons. The summed E-state index contributed by atoms with van der Waals surface area (Å²) < 4.78 is 82.8. The summed E-state index contributed by atoms with van der Waals surface area (Å²) in [6.07, 6.45) is -8.23. The molecule has 0 spiro atoms. The highest BCUT2D eigenvalue weighted by Crippen LogP contribution is 2.31. The number of aromatic nitrogens is 3. The van der Waals surface area contributed by atoms with Gasteiger partial charge in [-0.1, -0.05) is 0 Å². The number of Topliss-reactive ketones (excluding diaryl/α,β-unsaturated/α-hetero) is 1. The SMILES string of the molecule is Cc1c(C(=O)CCC(F)(F)F)ccc2nn(CC3CN(C(=O)c4ccc(Oc5ccc(C(F)(F)F)cn5)cc4)C3)cc12. The molecule has 1 aliphatic heterocycles. The maximum Gasteiger partial charge on any atom is 0.417 e. The summed E-state index contributed by atoms with van der Waals surface area (Å²) >= 11 is 0. The minimum absolute atomic E-state index is 0.0154. The number of carbonyl (C=O) groups is 2. The van der Waals surface area contributed by atoms with E-state index in [9.17, 15) is 35.9 Å². The summed E-state index contributed by atoms with van der Waals surface area (Å²) in [5.74, 6) is -0.327. The number of alkyl halides is 6. The number of hydrogen-bond acceptors (Lipinski definition) is 5. The molecule has 0 N–H and O–H groups in total. The van der Waals surface area contributed by atoms with Gasteiger partial charge in [-0.3, -0.25) is 14.3 Å². The molecule has 42 heavy (non-hydrogen) atoms. The van der Waals surface area contributed by atoms with Crippen LogP contribution in [0.2, 0.25) is 0 Å². The molecular formula is C29H24F6N4O3. The summed E-state index contributed by atoms with van der Waals surface area (Å²) in [6, 6.07) is 11.3. The van der Waals surface area contributed by atoms with E-state index in [-0.39, 0.29) is 23.3 Å². The standard InChI is InChI=1S/C29H24F6N4O3/c1-17-22(25(40)10-11-28(30,31)32)7-8-24-23(17)16-39(37-24)15-18-13-38(14-18)27(41)19-2-5-21(6-3-19)42-26-9-4-20(12-36-26)29(33,34)35/h2-9,12,16,18H,10-11,13-15H2,1H3. The van der Waals surface area contributed by atoms with Crippen molar-refractivity contribution in [2.24, 2.45) is 5.92 Å². The van der Waals surface area contributed by atoms with Crippen molar-refractivity contribution >= 4 is 22.6 Å². The van der Waals surface area contributed by atoms with Crippen LogP contribution in [-0.2, 0) is 12.7 Å². The topological polar surface area (TPSA) is 77.3 Å². The van der Waals surface area contributed by atoms with Crippen LogP contribution < -0.4 is 4.74 Å². The Morgan fingerprint density at radius 2 is 1.69 bits per heavy atom. The normalized spacial score (nSPS) is 14.2. The fourth-order valence-electron chi connectivity index (χ4n) is 4.76. The number of carbonyl (C=O) groups excluding carboxylic acids is 2. The predicted octanol–water partition coefficient (Wildman–Crippen LogP) is 6.85. The number of halogens is 6. The van der Waals surface area contributed by atoms with Crippen LogP contribution in [-0.4, -0.2) is 50.6 Å². The van der Waals surface area contributed by atoms with Crippen molar-refractivity contribution in [3.8, 4) is 11.6 Å². The molecule has 0 unspecified atom stereocenters. The Morgan fingerprint density at radius 3 is 2.31 bits per heavy atom. The highest BCUT2D eigenvalue weighted by Gasteiger charge is 2.33. The molecule has 0 saturated carbocycles. The number of aryl methyl sites for hydroxylation is 1. The lowest BCUT2D eigenvalue weighted by Gasteiger charge is -2.39. The number of hydrogen-bond donors (Lipinski definition) is 0. The Bertz CT molecular complexity index is 1610. The van der Waals surface area contributed by atoms with Crippen molar-refractivity contribution in [2.75, 3.05) is 13.1 Å². The third-order valence-corrected chi connectivity index (χ3v) is 7.02. The number of ketones is 1. The molecule has 1 aliphatic rings. The average Bonchev–Trinajstić information content (AvgIpc) is 3.33. The molecule has 1 amide bonds. The maximum atomic E-state index is 12.9. The first-order chi connectivity index (χ1) is 19.8. The number of rotatable bonds is 8. The minimum Gasteiger partial charge on any atom is -0.439 e. The molecule has 5 rings (SSSR count). The summed E-state index contributed by atoms with van der Waals surface area (Å²) in [7, 11) is 0. The molecular weight excluding hydrogens is 566 g/mol. The molecule has 3 heterocycles. The Balaban J connectivity index is 1.15. The highest BCUT2D eigenvalue weighted by atomic mass is 19.4. The van der Waals surface area contributed by atoms with Gasteiger partial charge in [-0.25, -0.2) is 4.98 Å². The molecule has 1 saturated heterocycles. The van der Waals surface area contributed by atoms with E-state index in [1.165, 1.54) is 18.2 Å². The van der Waals surface area contributed by atoms with E-state index in [0.29, 0.717) is 53.6 Å². The molecule has 0 atom stereocenters. The van der Waals surface area contributed by atoms with Gasteiger partial charge >= 0.3 is 12.4 Å². The molecule has 0 bridgehead atoms. The Kier molecular flexibility index (Phi) is 7.69. The fourth-order valence-corrected chi connectivity index (χ4v) is 4.76. The molecule has 13 heteroatoms. The van der Waals surface area contributed by atoms with Gasteiger partial charge < -0.3 is 9.64 Å². The zero-order chi connectivity index (χ0) is 30.2. The van der Waals surface area contributed by atoms with Gasteiger partial charge in [0.15, 0.2) is 5.78 Å². The van der Waals surface area contributed by atoms with Crippen molar-refractivity contribution in [3.05, 3.63) is 83.2 Å². The Hall–Kier alpha value is -4.42. The van der Waals surface area contributed by atoms with Crippen LogP contribution in [0.15, 0.2) is 60.9 Å². The zero-order valence-corrected chi connectivity index (χ0v) is 22.2. The number of benzene rings is 2. The minimum atomic E-state index is -4.49. The number of likely N-dealkylation sites (tertiary alicyclic amines) is 1. The number of nitrogens with zero attached hydrogens (tertiary/aromatic N) is 4. The second-order valence-corrected chi connectivity index (χ2v) is 10.1. The van der Waals surface area contributed by atoms with E-state index in [2.05, 4.69) is 10.1 Å². The molecule has 0 aliphatic carbocycles. The third kappa shape index (κ3) is 6.55. The quantitative estimate of drug-likeness (QED) is 0.166. The maximum absolute atomic E-state index is 12.9.